The Morgan fingerprint density at radius 2 is 1.91 bits per heavy atom. The van der Waals surface area contributed by atoms with Crippen LogP contribution in [-0.2, 0) is 19.5 Å². The lowest BCUT2D eigenvalue weighted by atomic mass is 10.0. The first-order valence-electron chi connectivity index (χ1n) is 11.9. The van der Waals surface area contributed by atoms with Gasteiger partial charge in [0.05, 0.1) is 30.7 Å². The molecule has 2 saturated heterocycles. The highest BCUT2D eigenvalue weighted by atomic mass is 35.5. The van der Waals surface area contributed by atoms with Gasteiger partial charge in [-0.2, -0.15) is 4.31 Å². The highest BCUT2D eigenvalue weighted by Gasteiger charge is 2.60. The second-order valence-electron chi connectivity index (χ2n) is 10.0. The van der Waals surface area contributed by atoms with Crippen LogP contribution in [0.2, 0.25) is 5.02 Å². The summed E-state index contributed by atoms with van der Waals surface area (Å²) in [4.78, 5) is 17.0. The van der Waals surface area contributed by atoms with Crippen LogP contribution >= 0.6 is 11.6 Å². The second-order valence-corrected chi connectivity index (χ2v) is 12.3. The molecule has 4 aliphatic rings. The molecular weight excluding hydrogens is 478 g/mol. The fourth-order valence-corrected chi connectivity index (χ4v) is 6.95. The number of halogens is 1. The lowest BCUT2D eigenvalue weighted by molar-refractivity contribution is -0.0740. The minimum absolute atomic E-state index is 0.196. The Balaban J connectivity index is 1.41. The van der Waals surface area contributed by atoms with Gasteiger partial charge >= 0.3 is 6.09 Å². The quantitative estimate of drug-likeness (QED) is 0.585. The van der Waals surface area contributed by atoms with Gasteiger partial charge in [-0.05, 0) is 49.4 Å². The summed E-state index contributed by atoms with van der Waals surface area (Å²) in [6, 6.07) is 5.41. The molecule has 5 rings (SSSR count). The number of ether oxygens (including phenoxy) is 2. The fourth-order valence-electron chi connectivity index (χ4n) is 4.97. The Morgan fingerprint density at radius 3 is 2.53 bits per heavy atom. The van der Waals surface area contributed by atoms with Crippen LogP contribution in [0.5, 0.6) is 0 Å². The molecule has 2 heterocycles. The largest absolute Gasteiger partial charge is 0.441 e. The lowest BCUT2D eigenvalue weighted by Crippen LogP contribution is -2.61. The SMILES string of the molecule is C=C1CN(C(=O)OC2([C@H]3COC[C@@H](CC4CC4)N3S(=O)(=O)c3ccc(Cl)cc3)CC2)CCN1C. The Morgan fingerprint density at radius 1 is 1.21 bits per heavy atom. The van der Waals surface area contributed by atoms with Gasteiger partial charge in [0.25, 0.3) is 0 Å². The predicted octanol–water partition coefficient (Wildman–Crippen LogP) is 3.33. The van der Waals surface area contributed by atoms with E-state index in [1.165, 1.54) is 0 Å². The van der Waals surface area contributed by atoms with E-state index in [2.05, 4.69) is 6.58 Å². The highest BCUT2D eigenvalue weighted by molar-refractivity contribution is 7.89. The van der Waals surface area contributed by atoms with Gasteiger partial charge in [-0.15, -0.1) is 0 Å². The fraction of sp³-hybridized carbons (Fsp3) is 0.625. The van der Waals surface area contributed by atoms with Crippen molar-refractivity contribution < 1.29 is 22.7 Å². The third-order valence-corrected chi connectivity index (χ3v) is 9.69. The van der Waals surface area contributed by atoms with E-state index in [0.717, 1.165) is 25.0 Å². The van der Waals surface area contributed by atoms with Gasteiger partial charge in [-0.3, -0.25) is 0 Å². The van der Waals surface area contributed by atoms with Gasteiger partial charge < -0.3 is 19.3 Å². The number of likely N-dealkylation sites (N-methyl/N-ethyl adjacent to an activating group) is 1. The number of carbonyl (C=O) groups is 1. The van der Waals surface area contributed by atoms with Crippen molar-refractivity contribution in [1.82, 2.24) is 14.1 Å². The third-order valence-electron chi connectivity index (χ3n) is 7.46. The van der Waals surface area contributed by atoms with Crippen LogP contribution in [0.15, 0.2) is 41.4 Å². The highest BCUT2D eigenvalue weighted by Crippen LogP contribution is 2.49. The molecule has 10 heteroatoms. The van der Waals surface area contributed by atoms with Crippen molar-refractivity contribution >= 4 is 27.7 Å². The summed E-state index contributed by atoms with van der Waals surface area (Å²) in [5.74, 6) is 0.518. The zero-order valence-corrected chi connectivity index (χ0v) is 21.1. The Labute approximate surface area is 206 Å². The van der Waals surface area contributed by atoms with Crippen molar-refractivity contribution in [3.05, 3.63) is 41.6 Å². The molecule has 2 saturated carbocycles. The van der Waals surface area contributed by atoms with Crippen molar-refractivity contribution in [2.75, 3.05) is 39.9 Å². The molecular formula is C24H32ClN3O5S. The standard InChI is InChI=1S/C24H32ClN3O5S/c1-17-14-27(12-11-26(17)2)23(29)33-24(9-10-24)22-16-32-15-20(13-18-3-4-18)28(22)34(30,31)21-7-5-19(25)6-8-21/h5-8,18,20,22H,1,3-4,9-16H2,2H3/t20-,22-/m1/s1. The maximum Gasteiger partial charge on any atom is 0.410 e. The number of nitrogens with zero attached hydrogens (tertiary/aromatic N) is 3. The van der Waals surface area contributed by atoms with E-state index < -0.39 is 27.8 Å². The summed E-state index contributed by atoms with van der Waals surface area (Å²) >= 11 is 6.02. The topological polar surface area (TPSA) is 79.4 Å². The van der Waals surface area contributed by atoms with Crippen LogP contribution in [0.4, 0.5) is 4.79 Å². The Kier molecular flexibility index (Phi) is 6.33. The molecule has 0 aromatic heterocycles. The summed E-state index contributed by atoms with van der Waals surface area (Å²) in [5, 5.41) is 0.480. The number of hydrogen-bond acceptors (Lipinski definition) is 6. The van der Waals surface area contributed by atoms with Crippen LogP contribution in [-0.4, -0.2) is 86.2 Å². The maximum absolute atomic E-state index is 13.9. The molecule has 2 aliphatic heterocycles. The predicted molar refractivity (Wildman–Crippen MR) is 128 cm³/mol. The zero-order valence-electron chi connectivity index (χ0n) is 19.5. The van der Waals surface area contributed by atoms with Crippen molar-refractivity contribution in [3.8, 4) is 0 Å². The molecule has 34 heavy (non-hydrogen) atoms. The number of rotatable bonds is 6. The molecule has 0 bridgehead atoms. The average molecular weight is 510 g/mol. The smallest absolute Gasteiger partial charge is 0.410 e. The van der Waals surface area contributed by atoms with E-state index in [9.17, 15) is 13.2 Å². The van der Waals surface area contributed by atoms with Gasteiger partial charge in [0, 0.05) is 36.9 Å². The van der Waals surface area contributed by atoms with E-state index in [4.69, 9.17) is 21.1 Å². The molecule has 4 fully saturated rings. The molecule has 0 unspecified atom stereocenters. The summed E-state index contributed by atoms with van der Waals surface area (Å²) in [7, 11) is -1.90. The Hall–Kier alpha value is -1.81. The van der Waals surface area contributed by atoms with Crippen molar-refractivity contribution in [2.45, 2.75) is 54.7 Å². The van der Waals surface area contributed by atoms with Crippen molar-refractivity contribution in [1.29, 1.82) is 0 Å². The summed E-state index contributed by atoms with van der Waals surface area (Å²) in [6.07, 6.45) is 3.80. The monoisotopic (exact) mass is 509 g/mol. The Bertz CT molecular complexity index is 1050. The second kappa shape index (κ2) is 9.00. The zero-order chi connectivity index (χ0) is 24.1. The summed E-state index contributed by atoms with van der Waals surface area (Å²) in [6.45, 7) is 6.21. The summed E-state index contributed by atoms with van der Waals surface area (Å²) in [5.41, 5.74) is -0.0192. The van der Waals surface area contributed by atoms with E-state index in [-0.39, 0.29) is 17.5 Å². The number of amides is 1. The van der Waals surface area contributed by atoms with Crippen LogP contribution < -0.4 is 0 Å². The average Bonchev–Trinajstić information content (AvgIpc) is 3.73. The number of hydrogen-bond donors (Lipinski definition) is 0. The molecule has 1 aromatic carbocycles. The van der Waals surface area contributed by atoms with Gasteiger partial charge in [-0.1, -0.05) is 31.0 Å². The number of piperazine rings is 1. The minimum atomic E-state index is -3.85. The first kappa shape index (κ1) is 23.9. The number of morpholine rings is 1. The van der Waals surface area contributed by atoms with E-state index in [1.807, 2.05) is 11.9 Å². The van der Waals surface area contributed by atoms with Gasteiger partial charge in [0.1, 0.15) is 5.60 Å². The van der Waals surface area contributed by atoms with Gasteiger partial charge in [0.2, 0.25) is 10.0 Å². The van der Waals surface area contributed by atoms with Crippen LogP contribution in [0.3, 0.4) is 0 Å². The molecule has 2 aliphatic carbocycles. The molecule has 8 nitrogen and oxygen atoms in total. The number of benzene rings is 1. The number of sulfonamides is 1. The first-order chi connectivity index (χ1) is 16.2. The number of carbonyl (C=O) groups excluding carboxylic acids is 1. The first-order valence-corrected chi connectivity index (χ1v) is 13.8. The molecule has 0 N–H and O–H groups in total. The minimum Gasteiger partial charge on any atom is -0.441 e. The lowest BCUT2D eigenvalue weighted by Gasteiger charge is -2.44. The van der Waals surface area contributed by atoms with E-state index in [1.54, 1.807) is 33.5 Å². The molecule has 1 amide bonds. The van der Waals surface area contributed by atoms with E-state index in [0.29, 0.717) is 50.0 Å². The molecule has 2 atom stereocenters. The van der Waals surface area contributed by atoms with Crippen LogP contribution in [0, 0.1) is 5.92 Å². The normalized spacial score (nSPS) is 27.5. The van der Waals surface area contributed by atoms with Crippen LogP contribution in [0.25, 0.3) is 0 Å². The van der Waals surface area contributed by atoms with Crippen molar-refractivity contribution in [2.24, 2.45) is 5.92 Å². The van der Waals surface area contributed by atoms with Crippen LogP contribution in [0.1, 0.15) is 32.1 Å². The van der Waals surface area contributed by atoms with E-state index >= 15 is 0 Å². The molecule has 0 spiro atoms. The van der Waals surface area contributed by atoms with Gasteiger partial charge in [-0.25, -0.2) is 13.2 Å². The third kappa shape index (κ3) is 4.67. The van der Waals surface area contributed by atoms with Crippen molar-refractivity contribution in [3.63, 3.8) is 0 Å². The molecule has 1 aromatic rings. The summed E-state index contributed by atoms with van der Waals surface area (Å²) < 4.78 is 41.5. The maximum atomic E-state index is 13.9. The molecule has 0 radical (unpaired) electrons. The van der Waals surface area contributed by atoms with Gasteiger partial charge in [0.15, 0.2) is 0 Å². The molecule has 186 valence electrons.